The topological polar surface area (TPSA) is 62.2 Å². The van der Waals surface area contributed by atoms with Gasteiger partial charge in [0.15, 0.2) is 5.82 Å². The molecule has 0 bridgehead atoms. The van der Waals surface area contributed by atoms with E-state index in [0.717, 1.165) is 35.6 Å². The highest BCUT2D eigenvalue weighted by Gasteiger charge is 2.24. The second-order valence-electron chi connectivity index (χ2n) is 6.14. The lowest BCUT2D eigenvalue weighted by Gasteiger charge is -2.36. The summed E-state index contributed by atoms with van der Waals surface area (Å²) in [7, 11) is 0. The van der Waals surface area contributed by atoms with Gasteiger partial charge in [0.25, 0.3) is 5.91 Å². The average Bonchev–Trinajstić information content (AvgIpc) is 2.68. The summed E-state index contributed by atoms with van der Waals surface area (Å²) >= 11 is 0. The minimum atomic E-state index is 0.0587. The standard InChI is InChI=1S/C19H19N5O/c1-14-18(22-17-5-3-2-4-16(17)21-14)23-10-12-24(13-11-23)19(25)15-6-8-20-9-7-15/h2-9H,10-13H2,1H3. The van der Waals surface area contributed by atoms with Crippen molar-refractivity contribution in [3.8, 4) is 0 Å². The maximum absolute atomic E-state index is 12.5. The Morgan fingerprint density at radius 2 is 1.56 bits per heavy atom. The molecule has 0 unspecified atom stereocenters. The van der Waals surface area contributed by atoms with Crippen molar-refractivity contribution in [2.75, 3.05) is 31.1 Å². The number of aromatic nitrogens is 3. The lowest BCUT2D eigenvalue weighted by atomic mass is 10.2. The summed E-state index contributed by atoms with van der Waals surface area (Å²) in [6.07, 6.45) is 3.30. The molecule has 3 aromatic rings. The highest BCUT2D eigenvalue weighted by molar-refractivity contribution is 5.94. The molecule has 0 radical (unpaired) electrons. The van der Waals surface area contributed by atoms with Gasteiger partial charge in [-0.05, 0) is 31.2 Å². The van der Waals surface area contributed by atoms with E-state index in [1.165, 1.54) is 0 Å². The van der Waals surface area contributed by atoms with Crippen molar-refractivity contribution < 1.29 is 4.79 Å². The van der Waals surface area contributed by atoms with Crippen LogP contribution < -0.4 is 4.90 Å². The van der Waals surface area contributed by atoms with E-state index in [0.29, 0.717) is 18.7 Å². The first-order valence-electron chi connectivity index (χ1n) is 8.40. The first-order valence-corrected chi connectivity index (χ1v) is 8.40. The van der Waals surface area contributed by atoms with Crippen LogP contribution in [0.25, 0.3) is 11.0 Å². The van der Waals surface area contributed by atoms with Gasteiger partial charge < -0.3 is 9.80 Å². The van der Waals surface area contributed by atoms with Crippen molar-refractivity contribution in [2.24, 2.45) is 0 Å². The number of piperazine rings is 1. The lowest BCUT2D eigenvalue weighted by Crippen LogP contribution is -2.49. The Balaban J connectivity index is 1.50. The molecule has 1 fully saturated rings. The van der Waals surface area contributed by atoms with Crippen LogP contribution in [0.1, 0.15) is 16.1 Å². The maximum atomic E-state index is 12.5. The van der Waals surface area contributed by atoms with Gasteiger partial charge in [-0.15, -0.1) is 0 Å². The molecular weight excluding hydrogens is 314 g/mol. The van der Waals surface area contributed by atoms with Gasteiger partial charge in [-0.3, -0.25) is 9.78 Å². The predicted molar refractivity (Wildman–Crippen MR) is 96.6 cm³/mol. The SMILES string of the molecule is Cc1nc2ccccc2nc1N1CCN(C(=O)c2ccncc2)CC1. The number of pyridine rings is 1. The molecule has 3 heterocycles. The molecule has 25 heavy (non-hydrogen) atoms. The quantitative estimate of drug-likeness (QED) is 0.720. The van der Waals surface area contributed by atoms with Gasteiger partial charge in [0, 0.05) is 44.1 Å². The summed E-state index contributed by atoms with van der Waals surface area (Å²) in [6.45, 7) is 4.85. The van der Waals surface area contributed by atoms with Crippen molar-refractivity contribution >= 4 is 22.8 Å². The largest absolute Gasteiger partial charge is 0.352 e. The molecule has 1 aliphatic heterocycles. The number of carbonyl (C=O) groups excluding carboxylic acids is 1. The average molecular weight is 333 g/mol. The first kappa shape index (κ1) is 15.5. The van der Waals surface area contributed by atoms with E-state index < -0.39 is 0 Å². The molecule has 0 spiro atoms. The molecule has 0 N–H and O–H groups in total. The molecule has 126 valence electrons. The van der Waals surface area contributed by atoms with E-state index in [1.54, 1.807) is 24.5 Å². The number of anilines is 1. The van der Waals surface area contributed by atoms with Crippen molar-refractivity contribution in [1.29, 1.82) is 0 Å². The zero-order valence-electron chi connectivity index (χ0n) is 14.1. The third kappa shape index (κ3) is 3.03. The number of rotatable bonds is 2. The van der Waals surface area contributed by atoms with Crippen LogP contribution in [0.5, 0.6) is 0 Å². The van der Waals surface area contributed by atoms with Crippen LogP contribution >= 0.6 is 0 Å². The smallest absolute Gasteiger partial charge is 0.254 e. The molecule has 6 heteroatoms. The van der Waals surface area contributed by atoms with E-state index >= 15 is 0 Å². The molecule has 6 nitrogen and oxygen atoms in total. The number of aryl methyl sites for hydroxylation is 1. The Labute approximate surface area is 146 Å². The minimum absolute atomic E-state index is 0.0587. The zero-order valence-corrected chi connectivity index (χ0v) is 14.1. The summed E-state index contributed by atoms with van der Waals surface area (Å²) < 4.78 is 0. The fourth-order valence-electron chi connectivity index (χ4n) is 3.18. The number of nitrogens with zero attached hydrogens (tertiary/aromatic N) is 5. The maximum Gasteiger partial charge on any atom is 0.254 e. The molecule has 0 aliphatic carbocycles. The molecule has 4 rings (SSSR count). The van der Waals surface area contributed by atoms with Crippen molar-refractivity contribution in [3.63, 3.8) is 0 Å². The van der Waals surface area contributed by atoms with Crippen LogP contribution in [0, 0.1) is 6.92 Å². The lowest BCUT2D eigenvalue weighted by molar-refractivity contribution is 0.0746. The summed E-state index contributed by atoms with van der Waals surface area (Å²) in [5.41, 5.74) is 3.42. The number of carbonyl (C=O) groups is 1. The van der Waals surface area contributed by atoms with Gasteiger partial charge in [-0.1, -0.05) is 12.1 Å². The normalized spacial score (nSPS) is 14.8. The Hall–Kier alpha value is -3.02. The summed E-state index contributed by atoms with van der Waals surface area (Å²) in [5, 5.41) is 0. The monoisotopic (exact) mass is 333 g/mol. The minimum Gasteiger partial charge on any atom is -0.352 e. The van der Waals surface area contributed by atoms with Crippen molar-refractivity contribution in [2.45, 2.75) is 6.92 Å². The molecule has 1 saturated heterocycles. The van der Waals surface area contributed by atoms with Crippen molar-refractivity contribution in [3.05, 3.63) is 60.0 Å². The predicted octanol–water partition coefficient (Wildman–Crippen LogP) is 2.30. The Morgan fingerprint density at radius 1 is 0.920 bits per heavy atom. The molecule has 1 aromatic carbocycles. The molecular formula is C19H19N5O. The van der Waals surface area contributed by atoms with E-state index in [9.17, 15) is 4.79 Å². The number of benzene rings is 1. The highest BCUT2D eigenvalue weighted by atomic mass is 16.2. The molecule has 0 atom stereocenters. The molecule has 1 aliphatic rings. The van der Waals surface area contributed by atoms with Gasteiger partial charge in [-0.2, -0.15) is 0 Å². The first-order chi connectivity index (χ1) is 12.2. The fourth-order valence-corrected chi connectivity index (χ4v) is 3.18. The third-order valence-electron chi connectivity index (χ3n) is 4.51. The van der Waals surface area contributed by atoms with Crippen LogP contribution in [0.3, 0.4) is 0 Å². The van der Waals surface area contributed by atoms with E-state index in [2.05, 4.69) is 14.9 Å². The second kappa shape index (κ2) is 6.47. The number of hydrogen-bond donors (Lipinski definition) is 0. The number of amides is 1. The van der Waals surface area contributed by atoms with E-state index in [1.807, 2.05) is 36.1 Å². The number of fused-ring (bicyclic) bond motifs is 1. The third-order valence-corrected chi connectivity index (χ3v) is 4.51. The van der Waals surface area contributed by atoms with E-state index in [-0.39, 0.29) is 5.91 Å². The summed E-state index contributed by atoms with van der Waals surface area (Å²) in [4.78, 5) is 30.0. The number of para-hydroxylation sites is 2. The van der Waals surface area contributed by atoms with Gasteiger partial charge in [0.05, 0.1) is 16.7 Å². The molecule has 0 saturated carbocycles. The Kier molecular flexibility index (Phi) is 4.01. The van der Waals surface area contributed by atoms with Crippen LogP contribution in [0.2, 0.25) is 0 Å². The second-order valence-corrected chi connectivity index (χ2v) is 6.14. The summed E-state index contributed by atoms with van der Waals surface area (Å²) in [6, 6.07) is 11.4. The van der Waals surface area contributed by atoms with Crippen LogP contribution in [-0.2, 0) is 0 Å². The Bertz CT molecular complexity index is 904. The highest BCUT2D eigenvalue weighted by Crippen LogP contribution is 2.21. The fraction of sp³-hybridized carbons (Fsp3) is 0.263. The Morgan fingerprint density at radius 3 is 2.24 bits per heavy atom. The summed E-state index contributed by atoms with van der Waals surface area (Å²) in [5.74, 6) is 0.970. The zero-order chi connectivity index (χ0) is 17.2. The van der Waals surface area contributed by atoms with Gasteiger partial charge >= 0.3 is 0 Å². The van der Waals surface area contributed by atoms with Crippen molar-refractivity contribution in [1.82, 2.24) is 19.9 Å². The number of hydrogen-bond acceptors (Lipinski definition) is 5. The van der Waals surface area contributed by atoms with Crippen LogP contribution in [-0.4, -0.2) is 51.9 Å². The molecule has 2 aromatic heterocycles. The van der Waals surface area contributed by atoms with Gasteiger partial charge in [-0.25, -0.2) is 9.97 Å². The van der Waals surface area contributed by atoms with Gasteiger partial charge in [0.2, 0.25) is 0 Å². The van der Waals surface area contributed by atoms with Crippen LogP contribution in [0.15, 0.2) is 48.8 Å². The molecule has 1 amide bonds. The van der Waals surface area contributed by atoms with E-state index in [4.69, 9.17) is 4.98 Å². The van der Waals surface area contributed by atoms with Gasteiger partial charge in [0.1, 0.15) is 0 Å². The van der Waals surface area contributed by atoms with Crippen LogP contribution in [0.4, 0.5) is 5.82 Å².